The quantitative estimate of drug-likeness (QED) is 0.664. The fourth-order valence-corrected chi connectivity index (χ4v) is 3.16. The largest absolute Gasteiger partial charge is 0.456 e. The first-order valence-corrected chi connectivity index (χ1v) is 8.93. The summed E-state index contributed by atoms with van der Waals surface area (Å²) in [4.78, 5) is 2.51. The monoisotopic (exact) mass is 371 g/mol. The van der Waals surface area contributed by atoms with Crippen LogP contribution in [0.25, 0.3) is 5.57 Å². The molecule has 2 aromatic carbocycles. The Bertz CT molecular complexity index is 672. The van der Waals surface area contributed by atoms with Gasteiger partial charge in [-0.1, -0.05) is 30.3 Å². The van der Waals surface area contributed by atoms with Crippen molar-refractivity contribution in [2.24, 2.45) is 0 Å². The molecule has 1 aliphatic rings. The van der Waals surface area contributed by atoms with Crippen molar-refractivity contribution in [2.45, 2.75) is 19.8 Å². The summed E-state index contributed by atoms with van der Waals surface area (Å²) in [5, 5.41) is 0. The summed E-state index contributed by atoms with van der Waals surface area (Å²) in [7, 11) is 0. The molecule has 1 aliphatic heterocycles. The molecule has 0 radical (unpaired) electrons. The third-order valence-corrected chi connectivity index (χ3v) is 4.88. The Balaban J connectivity index is 1.64. The average Bonchev–Trinajstić information content (AvgIpc) is 3.09. The van der Waals surface area contributed by atoms with E-state index in [0.29, 0.717) is 0 Å². The molecular formula is C20H22BrNO. The van der Waals surface area contributed by atoms with Crippen molar-refractivity contribution < 1.29 is 4.74 Å². The van der Waals surface area contributed by atoms with Crippen molar-refractivity contribution in [3.8, 4) is 11.5 Å². The molecule has 0 aliphatic carbocycles. The second kappa shape index (κ2) is 7.80. The zero-order chi connectivity index (χ0) is 16.1. The molecule has 2 nitrogen and oxygen atoms in total. The van der Waals surface area contributed by atoms with Crippen LogP contribution in [0, 0.1) is 0 Å². The number of hydrogen-bond donors (Lipinski definition) is 0. The first-order valence-electron chi connectivity index (χ1n) is 8.14. The first kappa shape index (κ1) is 16.3. The molecule has 0 spiro atoms. The predicted octanol–water partition coefficient (Wildman–Crippen LogP) is 5.74. The Hall–Kier alpha value is -1.58. The number of nitrogens with zero attached hydrogens (tertiary/aromatic N) is 1. The molecule has 0 saturated carbocycles. The van der Waals surface area contributed by atoms with E-state index in [2.05, 4.69) is 46.0 Å². The van der Waals surface area contributed by atoms with Gasteiger partial charge in [0.25, 0.3) is 0 Å². The van der Waals surface area contributed by atoms with Crippen molar-refractivity contribution in [1.82, 2.24) is 4.90 Å². The first-order chi connectivity index (χ1) is 11.2. The van der Waals surface area contributed by atoms with Crippen LogP contribution in [0.5, 0.6) is 11.5 Å². The summed E-state index contributed by atoms with van der Waals surface area (Å²) in [6.45, 7) is 5.71. The lowest BCUT2D eigenvalue weighted by molar-refractivity contribution is 0.377. The van der Waals surface area contributed by atoms with Gasteiger partial charge in [-0.15, -0.1) is 0 Å². The van der Waals surface area contributed by atoms with Gasteiger partial charge in [0.1, 0.15) is 11.5 Å². The highest BCUT2D eigenvalue weighted by Gasteiger charge is 2.09. The molecule has 0 unspecified atom stereocenters. The fourth-order valence-electron chi connectivity index (χ4n) is 2.79. The summed E-state index contributed by atoms with van der Waals surface area (Å²) < 4.78 is 6.87. The van der Waals surface area contributed by atoms with Gasteiger partial charge in [-0.25, -0.2) is 0 Å². The van der Waals surface area contributed by atoms with Crippen molar-refractivity contribution in [2.75, 3.05) is 19.6 Å². The number of rotatable bonds is 5. The maximum atomic E-state index is 5.91. The molecule has 2 aromatic rings. The van der Waals surface area contributed by atoms with Gasteiger partial charge in [0.05, 0.1) is 4.47 Å². The SMILES string of the molecule is CC(=CCN1CCCC1)c1ccc(Oc2ccccc2Br)cc1. The van der Waals surface area contributed by atoms with E-state index < -0.39 is 0 Å². The van der Waals surface area contributed by atoms with Crippen molar-refractivity contribution in [1.29, 1.82) is 0 Å². The van der Waals surface area contributed by atoms with E-state index in [1.165, 1.54) is 37.1 Å². The molecule has 3 rings (SSSR count). The number of halogens is 1. The van der Waals surface area contributed by atoms with E-state index in [1.807, 2.05) is 36.4 Å². The number of allylic oxidation sites excluding steroid dienone is 1. The number of benzene rings is 2. The topological polar surface area (TPSA) is 12.5 Å². The van der Waals surface area contributed by atoms with Gasteiger partial charge in [-0.2, -0.15) is 0 Å². The highest BCUT2D eigenvalue weighted by molar-refractivity contribution is 9.10. The zero-order valence-electron chi connectivity index (χ0n) is 13.5. The lowest BCUT2D eigenvalue weighted by atomic mass is 10.1. The molecule has 0 N–H and O–H groups in total. The van der Waals surface area contributed by atoms with E-state index in [0.717, 1.165) is 22.5 Å². The highest BCUT2D eigenvalue weighted by Crippen LogP contribution is 2.29. The maximum Gasteiger partial charge on any atom is 0.141 e. The van der Waals surface area contributed by atoms with Gasteiger partial charge in [0.15, 0.2) is 0 Å². The van der Waals surface area contributed by atoms with Crippen LogP contribution in [0.15, 0.2) is 59.1 Å². The summed E-state index contributed by atoms with van der Waals surface area (Å²) in [6, 6.07) is 16.2. The number of para-hydroxylation sites is 1. The summed E-state index contributed by atoms with van der Waals surface area (Å²) in [5.41, 5.74) is 2.58. The lowest BCUT2D eigenvalue weighted by Crippen LogP contribution is -2.18. The molecule has 120 valence electrons. The van der Waals surface area contributed by atoms with E-state index in [4.69, 9.17) is 4.74 Å². The van der Waals surface area contributed by atoms with Gasteiger partial charge >= 0.3 is 0 Å². The van der Waals surface area contributed by atoms with Crippen molar-refractivity contribution >= 4 is 21.5 Å². The second-order valence-electron chi connectivity index (χ2n) is 5.95. The van der Waals surface area contributed by atoms with E-state index in [1.54, 1.807) is 0 Å². The van der Waals surface area contributed by atoms with Gasteiger partial charge < -0.3 is 4.74 Å². The number of likely N-dealkylation sites (tertiary alicyclic amines) is 1. The van der Waals surface area contributed by atoms with Crippen LogP contribution in [0.4, 0.5) is 0 Å². The molecule has 1 heterocycles. The third kappa shape index (κ3) is 4.46. The minimum Gasteiger partial charge on any atom is -0.456 e. The summed E-state index contributed by atoms with van der Waals surface area (Å²) >= 11 is 3.51. The average molecular weight is 372 g/mol. The Morgan fingerprint density at radius 2 is 1.78 bits per heavy atom. The molecule has 23 heavy (non-hydrogen) atoms. The van der Waals surface area contributed by atoms with E-state index >= 15 is 0 Å². The van der Waals surface area contributed by atoms with Crippen molar-refractivity contribution in [3.63, 3.8) is 0 Å². The molecule has 3 heteroatoms. The van der Waals surface area contributed by atoms with E-state index in [9.17, 15) is 0 Å². The van der Waals surface area contributed by atoms with Crippen molar-refractivity contribution in [3.05, 3.63) is 64.6 Å². The Labute approximate surface area is 146 Å². The number of ether oxygens (including phenoxy) is 1. The van der Waals surface area contributed by atoms with Gasteiger partial charge in [0, 0.05) is 6.54 Å². The molecule has 0 bridgehead atoms. The molecule has 1 saturated heterocycles. The molecule has 0 aromatic heterocycles. The Morgan fingerprint density at radius 3 is 2.48 bits per heavy atom. The van der Waals surface area contributed by atoms with Gasteiger partial charge in [0.2, 0.25) is 0 Å². The van der Waals surface area contributed by atoms with Crippen LogP contribution in [0.2, 0.25) is 0 Å². The van der Waals surface area contributed by atoms with Crippen LogP contribution in [-0.2, 0) is 0 Å². The third-order valence-electron chi connectivity index (χ3n) is 4.23. The van der Waals surface area contributed by atoms with Crippen LogP contribution < -0.4 is 4.74 Å². The van der Waals surface area contributed by atoms with Gasteiger partial charge in [-0.05, 0) is 84.2 Å². The van der Waals surface area contributed by atoms with Crippen LogP contribution in [0.1, 0.15) is 25.3 Å². The minimum atomic E-state index is 0.835. The maximum absolute atomic E-state index is 5.91. The molecule has 0 atom stereocenters. The van der Waals surface area contributed by atoms with E-state index in [-0.39, 0.29) is 0 Å². The molecular weight excluding hydrogens is 350 g/mol. The highest BCUT2D eigenvalue weighted by atomic mass is 79.9. The summed E-state index contributed by atoms with van der Waals surface area (Å²) in [5.74, 6) is 1.69. The van der Waals surface area contributed by atoms with Gasteiger partial charge in [-0.3, -0.25) is 4.90 Å². The number of hydrogen-bond acceptors (Lipinski definition) is 2. The Kier molecular flexibility index (Phi) is 5.52. The predicted molar refractivity (Wildman–Crippen MR) is 100.0 cm³/mol. The van der Waals surface area contributed by atoms with Crippen LogP contribution in [0.3, 0.4) is 0 Å². The second-order valence-corrected chi connectivity index (χ2v) is 6.81. The standard InChI is InChI=1S/C20H22BrNO/c1-16(12-15-22-13-4-5-14-22)17-8-10-18(11-9-17)23-20-7-3-2-6-19(20)21/h2-3,6-12H,4-5,13-15H2,1H3. The minimum absolute atomic E-state index is 0.835. The Morgan fingerprint density at radius 1 is 1.09 bits per heavy atom. The smallest absolute Gasteiger partial charge is 0.141 e. The lowest BCUT2D eigenvalue weighted by Gasteiger charge is -2.12. The molecule has 0 amide bonds. The summed E-state index contributed by atoms with van der Waals surface area (Å²) in [6.07, 6.45) is 5.01. The normalized spacial score (nSPS) is 15.8. The van der Waals surface area contributed by atoms with Crippen LogP contribution in [-0.4, -0.2) is 24.5 Å². The fraction of sp³-hybridized carbons (Fsp3) is 0.300. The zero-order valence-corrected chi connectivity index (χ0v) is 15.1. The van der Waals surface area contributed by atoms with Crippen LogP contribution >= 0.6 is 15.9 Å². The molecule has 1 fully saturated rings.